The zero-order valence-corrected chi connectivity index (χ0v) is 12.1. The van der Waals surface area contributed by atoms with Gasteiger partial charge in [0.2, 0.25) is 5.91 Å². The fraction of sp³-hybridized carbons (Fsp3) is 0.375. The van der Waals surface area contributed by atoms with Gasteiger partial charge in [0.15, 0.2) is 0 Å². The Balaban J connectivity index is 1.66. The third kappa shape index (κ3) is 2.68. The molecule has 1 aromatic rings. The highest BCUT2D eigenvalue weighted by Gasteiger charge is 2.51. The Morgan fingerprint density at radius 2 is 1.76 bits per heavy atom. The Morgan fingerprint density at radius 1 is 1.14 bits per heavy atom. The molecular weight excluding hydrogens is 290 g/mol. The van der Waals surface area contributed by atoms with Gasteiger partial charge in [-0.05, 0) is 36.0 Å². The van der Waals surface area contributed by atoms with Gasteiger partial charge in [0.1, 0.15) is 0 Å². The van der Waals surface area contributed by atoms with Crippen molar-refractivity contribution >= 4 is 23.5 Å². The summed E-state index contributed by atoms with van der Waals surface area (Å²) < 4.78 is 0. The lowest BCUT2D eigenvalue weighted by molar-refractivity contribution is -0.147. The van der Waals surface area contributed by atoms with E-state index in [-0.39, 0.29) is 17.7 Å². The predicted octanol–water partition coefficient (Wildman–Crippen LogP) is 2.48. The van der Waals surface area contributed by atoms with Crippen LogP contribution in [0.1, 0.15) is 12.0 Å². The summed E-state index contributed by atoms with van der Waals surface area (Å²) in [6, 6.07) is 7.22. The minimum absolute atomic E-state index is 0.00113. The first kappa shape index (κ1) is 14.1. The van der Waals surface area contributed by atoms with Gasteiger partial charge < -0.3 is 10.4 Å². The number of fused-ring (bicyclic) bond motifs is 2. The number of nitrogens with one attached hydrogen (secondary N) is 1. The molecule has 0 radical (unpaired) electrons. The minimum atomic E-state index is -0.876. The number of carbonyl (C=O) groups excluding carboxylic acids is 1. The number of hydrogen-bond acceptors (Lipinski definition) is 2. The van der Waals surface area contributed by atoms with E-state index in [1.165, 1.54) is 0 Å². The number of halogens is 1. The van der Waals surface area contributed by atoms with Crippen LogP contribution in [-0.4, -0.2) is 17.0 Å². The van der Waals surface area contributed by atoms with Gasteiger partial charge in [-0.3, -0.25) is 9.59 Å². The molecular formula is C16H16ClNO3. The molecule has 5 heteroatoms. The maximum Gasteiger partial charge on any atom is 0.307 e. The number of carbonyl (C=O) groups is 2. The summed E-state index contributed by atoms with van der Waals surface area (Å²) in [4.78, 5) is 23.7. The first-order valence-electron chi connectivity index (χ1n) is 6.99. The first-order chi connectivity index (χ1) is 10.1. The fourth-order valence-electron chi connectivity index (χ4n) is 3.43. The Bertz CT molecular complexity index is 596. The molecule has 1 amide bonds. The van der Waals surface area contributed by atoms with E-state index in [2.05, 4.69) is 5.32 Å². The Hall–Kier alpha value is -1.81. The van der Waals surface area contributed by atoms with E-state index in [1.807, 2.05) is 24.3 Å². The SMILES string of the molecule is O=C(O)[C@@H]1C2C=CC(C2)[C@@H]1C(=O)NCc1ccc(Cl)cc1. The number of aliphatic carboxylic acids is 1. The van der Waals surface area contributed by atoms with Gasteiger partial charge in [-0.2, -0.15) is 0 Å². The molecule has 2 aliphatic rings. The van der Waals surface area contributed by atoms with Gasteiger partial charge in [-0.25, -0.2) is 0 Å². The van der Waals surface area contributed by atoms with E-state index in [1.54, 1.807) is 12.1 Å². The maximum absolute atomic E-state index is 12.4. The smallest absolute Gasteiger partial charge is 0.307 e. The summed E-state index contributed by atoms with van der Waals surface area (Å²) >= 11 is 5.81. The second-order valence-corrected chi connectivity index (χ2v) is 6.12. The molecule has 2 unspecified atom stereocenters. The first-order valence-corrected chi connectivity index (χ1v) is 7.37. The van der Waals surface area contributed by atoms with E-state index in [0.717, 1.165) is 12.0 Å². The number of carboxylic acid groups (broad SMARTS) is 1. The van der Waals surface area contributed by atoms with Crippen LogP contribution < -0.4 is 5.32 Å². The lowest BCUT2D eigenvalue weighted by Gasteiger charge is -2.23. The quantitative estimate of drug-likeness (QED) is 0.840. The monoisotopic (exact) mass is 305 g/mol. The molecule has 0 spiro atoms. The highest BCUT2D eigenvalue weighted by atomic mass is 35.5. The normalized spacial score (nSPS) is 29.6. The van der Waals surface area contributed by atoms with E-state index in [0.29, 0.717) is 11.6 Å². The summed E-state index contributed by atoms with van der Waals surface area (Å²) in [6.07, 6.45) is 4.69. The van der Waals surface area contributed by atoms with Crippen LogP contribution in [0.2, 0.25) is 5.02 Å². The Morgan fingerprint density at radius 3 is 2.38 bits per heavy atom. The van der Waals surface area contributed by atoms with E-state index < -0.39 is 17.8 Å². The number of hydrogen-bond donors (Lipinski definition) is 2. The number of rotatable bonds is 4. The fourth-order valence-corrected chi connectivity index (χ4v) is 3.55. The van der Waals surface area contributed by atoms with E-state index in [9.17, 15) is 14.7 Å². The zero-order chi connectivity index (χ0) is 15.0. The lowest BCUT2D eigenvalue weighted by atomic mass is 9.82. The predicted molar refractivity (Wildman–Crippen MR) is 78.7 cm³/mol. The number of amides is 1. The molecule has 4 atom stereocenters. The standard InChI is InChI=1S/C16H16ClNO3/c17-12-5-1-9(2-6-12)8-18-15(19)13-10-3-4-11(7-10)14(13)16(20)21/h1-6,10-11,13-14H,7-8H2,(H,18,19)(H,20,21)/t10?,11?,13-,14+/m0/s1. The van der Waals surface area contributed by atoms with E-state index in [4.69, 9.17) is 11.6 Å². The number of carboxylic acids is 1. The minimum Gasteiger partial charge on any atom is -0.481 e. The van der Waals surface area contributed by atoms with Crippen LogP contribution in [-0.2, 0) is 16.1 Å². The van der Waals surface area contributed by atoms with Gasteiger partial charge in [0.05, 0.1) is 11.8 Å². The van der Waals surface area contributed by atoms with Crippen LogP contribution in [0.4, 0.5) is 0 Å². The molecule has 0 heterocycles. The van der Waals surface area contributed by atoms with E-state index >= 15 is 0 Å². The Kier molecular flexibility index (Phi) is 3.72. The maximum atomic E-state index is 12.4. The highest BCUT2D eigenvalue weighted by Crippen LogP contribution is 2.48. The lowest BCUT2D eigenvalue weighted by Crippen LogP contribution is -2.39. The molecule has 3 rings (SSSR count). The molecule has 2 bridgehead atoms. The molecule has 2 aliphatic carbocycles. The molecule has 4 nitrogen and oxygen atoms in total. The molecule has 2 N–H and O–H groups in total. The van der Waals surface area contributed by atoms with Crippen molar-refractivity contribution in [2.45, 2.75) is 13.0 Å². The topological polar surface area (TPSA) is 66.4 Å². The third-order valence-electron chi connectivity index (χ3n) is 4.43. The van der Waals surface area contributed by atoms with Gasteiger partial charge in [-0.1, -0.05) is 35.9 Å². The van der Waals surface area contributed by atoms with Crippen molar-refractivity contribution in [2.75, 3.05) is 0 Å². The van der Waals surface area contributed by atoms with Crippen LogP contribution in [0.5, 0.6) is 0 Å². The molecule has 0 saturated heterocycles. The van der Waals surface area contributed by atoms with Crippen LogP contribution >= 0.6 is 11.6 Å². The largest absolute Gasteiger partial charge is 0.481 e. The van der Waals surface area contributed by atoms with Crippen molar-refractivity contribution in [3.63, 3.8) is 0 Å². The average Bonchev–Trinajstić information content (AvgIpc) is 3.06. The van der Waals surface area contributed by atoms with Crippen molar-refractivity contribution in [1.29, 1.82) is 0 Å². The molecule has 0 aliphatic heterocycles. The summed E-state index contributed by atoms with van der Waals surface area (Å²) in [6.45, 7) is 0.389. The number of benzene rings is 1. The molecule has 0 aromatic heterocycles. The second kappa shape index (κ2) is 5.53. The van der Waals surface area contributed by atoms with Crippen LogP contribution in [0.15, 0.2) is 36.4 Å². The third-order valence-corrected chi connectivity index (χ3v) is 4.68. The van der Waals surface area contributed by atoms with Crippen LogP contribution in [0, 0.1) is 23.7 Å². The van der Waals surface area contributed by atoms with Crippen molar-refractivity contribution in [3.05, 3.63) is 47.0 Å². The molecule has 1 fully saturated rings. The van der Waals surface area contributed by atoms with Crippen molar-refractivity contribution in [1.82, 2.24) is 5.32 Å². The molecule has 1 saturated carbocycles. The summed E-state index contributed by atoms with van der Waals surface area (Å²) in [7, 11) is 0. The molecule has 21 heavy (non-hydrogen) atoms. The van der Waals surface area contributed by atoms with Crippen molar-refractivity contribution < 1.29 is 14.7 Å². The number of allylic oxidation sites excluding steroid dienone is 2. The average molecular weight is 306 g/mol. The summed E-state index contributed by atoms with van der Waals surface area (Å²) in [5.74, 6) is -2.04. The summed E-state index contributed by atoms with van der Waals surface area (Å²) in [5, 5.41) is 12.8. The zero-order valence-electron chi connectivity index (χ0n) is 11.3. The summed E-state index contributed by atoms with van der Waals surface area (Å²) in [5.41, 5.74) is 0.943. The van der Waals surface area contributed by atoms with Gasteiger partial charge in [-0.15, -0.1) is 0 Å². The highest BCUT2D eigenvalue weighted by molar-refractivity contribution is 6.30. The Labute approximate surface area is 127 Å². The van der Waals surface area contributed by atoms with Gasteiger partial charge >= 0.3 is 5.97 Å². The van der Waals surface area contributed by atoms with Crippen LogP contribution in [0.3, 0.4) is 0 Å². The second-order valence-electron chi connectivity index (χ2n) is 5.68. The van der Waals surface area contributed by atoms with Crippen LogP contribution in [0.25, 0.3) is 0 Å². The van der Waals surface area contributed by atoms with Crippen molar-refractivity contribution in [2.24, 2.45) is 23.7 Å². The molecule has 1 aromatic carbocycles. The van der Waals surface area contributed by atoms with Gasteiger partial charge in [0.25, 0.3) is 0 Å². The van der Waals surface area contributed by atoms with Gasteiger partial charge in [0, 0.05) is 11.6 Å². The van der Waals surface area contributed by atoms with Crippen molar-refractivity contribution in [3.8, 4) is 0 Å². The molecule has 110 valence electrons.